The molecule has 1 unspecified atom stereocenters. The Kier molecular flexibility index (Phi) is 6.75. The summed E-state index contributed by atoms with van der Waals surface area (Å²) >= 11 is 0. The first kappa shape index (κ1) is 19.6. The first-order valence-corrected chi connectivity index (χ1v) is 9.42. The van der Waals surface area contributed by atoms with E-state index in [1.165, 1.54) is 16.2 Å². The SMILES string of the molecule is C/N=C/c1ccccc1Pc1cc(C(C)(C)C)cc(C)c1OCOC. The van der Waals surface area contributed by atoms with E-state index in [4.69, 9.17) is 9.47 Å². The predicted molar refractivity (Wildman–Crippen MR) is 110 cm³/mol. The van der Waals surface area contributed by atoms with Gasteiger partial charge in [0.15, 0.2) is 6.79 Å². The fourth-order valence-corrected chi connectivity index (χ4v) is 3.99. The molecule has 0 fully saturated rings. The van der Waals surface area contributed by atoms with E-state index in [0.717, 1.165) is 16.9 Å². The molecule has 0 aliphatic rings. The maximum absolute atomic E-state index is 5.91. The van der Waals surface area contributed by atoms with Crippen molar-refractivity contribution < 1.29 is 9.47 Å². The van der Waals surface area contributed by atoms with Gasteiger partial charge in [-0.2, -0.15) is 0 Å². The number of aliphatic imine (C=N–C) groups is 1. The minimum Gasteiger partial charge on any atom is -0.467 e. The molecule has 2 rings (SSSR count). The lowest BCUT2D eigenvalue weighted by atomic mass is 9.86. The molecule has 134 valence electrons. The summed E-state index contributed by atoms with van der Waals surface area (Å²) in [4.78, 5) is 4.18. The van der Waals surface area contributed by atoms with Crippen LogP contribution in [0.5, 0.6) is 5.75 Å². The van der Waals surface area contributed by atoms with Crippen molar-refractivity contribution in [1.29, 1.82) is 0 Å². The second kappa shape index (κ2) is 8.60. The van der Waals surface area contributed by atoms with Crippen LogP contribution in [0.1, 0.15) is 37.5 Å². The highest BCUT2D eigenvalue weighted by molar-refractivity contribution is 7.56. The molecule has 0 heterocycles. The Hall–Kier alpha value is -1.70. The van der Waals surface area contributed by atoms with Gasteiger partial charge in [0.05, 0.1) is 0 Å². The molecule has 2 aromatic rings. The summed E-state index contributed by atoms with van der Waals surface area (Å²) in [5, 5.41) is 2.47. The third kappa shape index (κ3) is 5.14. The van der Waals surface area contributed by atoms with E-state index in [1.54, 1.807) is 14.2 Å². The summed E-state index contributed by atoms with van der Waals surface area (Å²) in [6.45, 7) is 9.07. The third-order valence-electron chi connectivity index (χ3n) is 3.96. The molecule has 0 amide bonds. The molecule has 0 saturated heterocycles. The molecule has 0 aliphatic heterocycles. The molecular formula is C21H28NO2P. The van der Waals surface area contributed by atoms with E-state index >= 15 is 0 Å². The molecular weight excluding hydrogens is 329 g/mol. The average molecular weight is 357 g/mol. The van der Waals surface area contributed by atoms with Crippen molar-refractivity contribution in [1.82, 2.24) is 0 Å². The zero-order chi connectivity index (χ0) is 18.4. The molecule has 1 atom stereocenters. The van der Waals surface area contributed by atoms with Gasteiger partial charge in [-0.25, -0.2) is 0 Å². The van der Waals surface area contributed by atoms with Crippen LogP contribution in [0.2, 0.25) is 0 Å². The Morgan fingerprint density at radius 3 is 2.48 bits per heavy atom. The van der Waals surface area contributed by atoms with Crippen molar-refractivity contribution in [2.45, 2.75) is 33.1 Å². The van der Waals surface area contributed by atoms with Gasteiger partial charge in [0.1, 0.15) is 5.75 Å². The summed E-state index contributed by atoms with van der Waals surface area (Å²) in [5.74, 6) is 0.927. The van der Waals surface area contributed by atoms with E-state index < -0.39 is 0 Å². The van der Waals surface area contributed by atoms with Gasteiger partial charge in [-0.05, 0) is 40.4 Å². The van der Waals surface area contributed by atoms with Crippen LogP contribution in [-0.2, 0) is 10.2 Å². The Morgan fingerprint density at radius 1 is 1.12 bits per heavy atom. The Balaban J connectivity index is 2.52. The summed E-state index contributed by atoms with van der Waals surface area (Å²) in [7, 11) is 3.95. The topological polar surface area (TPSA) is 30.8 Å². The van der Waals surface area contributed by atoms with Gasteiger partial charge in [0, 0.05) is 25.7 Å². The maximum atomic E-state index is 5.91. The van der Waals surface area contributed by atoms with Crippen LogP contribution in [0, 0.1) is 6.92 Å². The van der Waals surface area contributed by atoms with E-state index in [1.807, 2.05) is 12.3 Å². The molecule has 0 bridgehead atoms. The highest BCUT2D eigenvalue weighted by Crippen LogP contribution is 2.30. The van der Waals surface area contributed by atoms with E-state index in [2.05, 4.69) is 63.0 Å². The molecule has 2 aromatic carbocycles. The van der Waals surface area contributed by atoms with Crippen LogP contribution >= 0.6 is 8.58 Å². The number of nitrogens with zero attached hydrogens (tertiary/aromatic N) is 1. The first-order valence-electron chi connectivity index (χ1n) is 8.42. The van der Waals surface area contributed by atoms with Crippen LogP contribution in [0.3, 0.4) is 0 Å². The highest BCUT2D eigenvalue weighted by Gasteiger charge is 2.19. The summed E-state index contributed by atoms with van der Waals surface area (Å²) in [5.41, 5.74) is 3.71. The summed E-state index contributed by atoms with van der Waals surface area (Å²) in [6.07, 6.45) is 1.92. The minimum atomic E-state index is 0.0914. The predicted octanol–water partition coefficient (Wildman–Crippen LogP) is 3.95. The molecule has 0 N–H and O–H groups in total. The second-order valence-electron chi connectivity index (χ2n) is 7.07. The lowest BCUT2D eigenvalue weighted by Gasteiger charge is -2.23. The average Bonchev–Trinajstić information content (AvgIpc) is 2.55. The molecule has 0 aliphatic carbocycles. The van der Waals surface area contributed by atoms with Crippen LogP contribution in [-0.4, -0.2) is 27.2 Å². The summed E-state index contributed by atoms with van der Waals surface area (Å²) < 4.78 is 11.0. The van der Waals surface area contributed by atoms with Crippen molar-refractivity contribution in [3.63, 3.8) is 0 Å². The van der Waals surface area contributed by atoms with Gasteiger partial charge in [0.2, 0.25) is 0 Å². The molecule has 0 aromatic heterocycles. The van der Waals surface area contributed by atoms with E-state index in [9.17, 15) is 0 Å². The summed E-state index contributed by atoms with van der Waals surface area (Å²) in [6, 6.07) is 12.9. The van der Waals surface area contributed by atoms with Crippen molar-refractivity contribution in [2.75, 3.05) is 21.0 Å². The smallest absolute Gasteiger partial charge is 0.188 e. The van der Waals surface area contributed by atoms with Crippen LogP contribution in [0.15, 0.2) is 41.4 Å². The molecule has 3 nitrogen and oxygen atoms in total. The van der Waals surface area contributed by atoms with E-state index in [0.29, 0.717) is 8.58 Å². The van der Waals surface area contributed by atoms with Gasteiger partial charge < -0.3 is 9.47 Å². The standard InChI is InChI=1S/C21H28NO2P/c1-15-11-17(21(2,3)4)12-19(20(15)24-14-23-6)25-18-10-8-7-9-16(18)13-22-5/h7-13,25H,14H2,1-6H3/b22-13+. The Morgan fingerprint density at radius 2 is 1.84 bits per heavy atom. The largest absolute Gasteiger partial charge is 0.467 e. The fraction of sp³-hybridized carbons (Fsp3) is 0.381. The Bertz CT molecular complexity index is 748. The number of methoxy groups -OCH3 is 1. The highest BCUT2D eigenvalue weighted by atomic mass is 31.1. The number of rotatable bonds is 6. The number of benzene rings is 2. The molecule has 0 saturated carbocycles. The number of ether oxygens (including phenoxy) is 2. The number of hydrogen-bond acceptors (Lipinski definition) is 3. The van der Waals surface area contributed by atoms with Crippen molar-refractivity contribution >= 4 is 25.4 Å². The van der Waals surface area contributed by atoms with Crippen LogP contribution in [0.25, 0.3) is 0 Å². The fourth-order valence-electron chi connectivity index (χ4n) is 2.62. The van der Waals surface area contributed by atoms with Crippen molar-refractivity contribution in [3.8, 4) is 5.75 Å². The molecule has 25 heavy (non-hydrogen) atoms. The van der Waals surface area contributed by atoms with Gasteiger partial charge in [-0.1, -0.05) is 59.7 Å². The van der Waals surface area contributed by atoms with Crippen LogP contribution in [0.4, 0.5) is 0 Å². The van der Waals surface area contributed by atoms with Gasteiger partial charge >= 0.3 is 0 Å². The molecule has 0 radical (unpaired) electrons. The quantitative estimate of drug-likeness (QED) is 0.445. The number of hydrogen-bond donors (Lipinski definition) is 0. The normalized spacial score (nSPS) is 12.4. The van der Waals surface area contributed by atoms with Gasteiger partial charge in [-0.3, -0.25) is 4.99 Å². The zero-order valence-corrected chi connectivity index (χ0v) is 17.0. The monoisotopic (exact) mass is 357 g/mol. The molecule has 0 spiro atoms. The molecule has 4 heteroatoms. The maximum Gasteiger partial charge on any atom is 0.188 e. The minimum absolute atomic E-state index is 0.0914. The van der Waals surface area contributed by atoms with Gasteiger partial charge in [0.25, 0.3) is 0 Å². The number of aryl methyl sites for hydroxylation is 1. The lowest BCUT2D eigenvalue weighted by Crippen LogP contribution is -2.19. The lowest BCUT2D eigenvalue weighted by molar-refractivity contribution is 0.0514. The van der Waals surface area contributed by atoms with Crippen LogP contribution < -0.4 is 15.3 Å². The third-order valence-corrected chi connectivity index (χ3v) is 5.33. The first-order chi connectivity index (χ1) is 11.9. The Labute approximate surface area is 153 Å². The van der Waals surface area contributed by atoms with Crippen molar-refractivity contribution in [3.05, 3.63) is 53.1 Å². The van der Waals surface area contributed by atoms with Gasteiger partial charge in [-0.15, -0.1) is 0 Å². The van der Waals surface area contributed by atoms with E-state index in [-0.39, 0.29) is 12.2 Å². The second-order valence-corrected chi connectivity index (χ2v) is 8.40. The van der Waals surface area contributed by atoms with Crippen molar-refractivity contribution in [2.24, 2.45) is 4.99 Å². The zero-order valence-electron chi connectivity index (χ0n) is 16.0.